The van der Waals surface area contributed by atoms with Crippen LogP contribution in [0.15, 0.2) is 49.3 Å². The summed E-state index contributed by atoms with van der Waals surface area (Å²) in [4.78, 5) is 26.7. The molecule has 126 valence electrons. The number of halogens is 1. The normalized spacial score (nSPS) is 14.2. The van der Waals surface area contributed by atoms with Crippen molar-refractivity contribution >= 4 is 29.0 Å². The molecule has 25 heavy (non-hydrogen) atoms. The average molecular weight is 356 g/mol. The van der Waals surface area contributed by atoms with Gasteiger partial charge in [0.05, 0.1) is 5.92 Å². The predicted molar refractivity (Wildman–Crippen MR) is 92.7 cm³/mol. The Labute approximate surface area is 148 Å². The van der Waals surface area contributed by atoms with Gasteiger partial charge in [0.25, 0.3) is 0 Å². The van der Waals surface area contributed by atoms with Gasteiger partial charge in [-0.1, -0.05) is 17.7 Å². The van der Waals surface area contributed by atoms with Crippen molar-refractivity contribution in [3.8, 4) is 5.82 Å². The molecule has 3 aromatic rings. The topological polar surface area (TPSA) is 88.8 Å². The molecule has 0 bridgehead atoms. The van der Waals surface area contributed by atoms with Crippen molar-refractivity contribution in [2.24, 2.45) is 5.92 Å². The average Bonchev–Trinajstić information content (AvgIpc) is 3.08. The van der Waals surface area contributed by atoms with Gasteiger partial charge in [-0.05, 0) is 18.2 Å². The van der Waals surface area contributed by atoms with Crippen LogP contribution in [0.2, 0.25) is 5.02 Å². The predicted octanol–water partition coefficient (Wildman–Crippen LogP) is 1.79. The van der Waals surface area contributed by atoms with Crippen LogP contribution in [-0.4, -0.2) is 43.7 Å². The van der Waals surface area contributed by atoms with Gasteiger partial charge in [-0.15, -0.1) is 0 Å². The lowest BCUT2D eigenvalue weighted by atomic mass is 9.99. The Hall–Kier alpha value is -3.00. The molecule has 2 aromatic heterocycles. The first-order valence-electron chi connectivity index (χ1n) is 7.67. The van der Waals surface area contributed by atoms with Crippen LogP contribution in [0, 0.1) is 5.92 Å². The molecule has 4 rings (SSSR count). The molecule has 9 heteroatoms. The maximum absolute atomic E-state index is 12.3. The zero-order valence-electron chi connectivity index (χ0n) is 13.1. The molecule has 1 aromatic carbocycles. The second kappa shape index (κ2) is 6.48. The van der Waals surface area contributed by atoms with Crippen LogP contribution < -0.4 is 10.2 Å². The third-order valence-corrected chi connectivity index (χ3v) is 4.20. The van der Waals surface area contributed by atoms with Crippen molar-refractivity contribution in [1.29, 1.82) is 0 Å². The summed E-state index contributed by atoms with van der Waals surface area (Å²) in [5.74, 6) is 1.27. The van der Waals surface area contributed by atoms with E-state index in [0.717, 1.165) is 5.82 Å². The summed E-state index contributed by atoms with van der Waals surface area (Å²) in [6.07, 6.45) is 4.50. The zero-order chi connectivity index (χ0) is 17.2. The largest absolute Gasteiger partial charge is 0.355 e. The summed E-state index contributed by atoms with van der Waals surface area (Å²) in [6.45, 7) is 1.19. The van der Waals surface area contributed by atoms with Gasteiger partial charge in [-0.3, -0.25) is 4.79 Å². The van der Waals surface area contributed by atoms with Crippen LogP contribution in [0.4, 0.5) is 11.5 Å². The smallest absolute Gasteiger partial charge is 0.231 e. The lowest BCUT2D eigenvalue weighted by Gasteiger charge is -2.39. The van der Waals surface area contributed by atoms with E-state index in [0.29, 0.717) is 29.6 Å². The Morgan fingerprint density at radius 3 is 2.76 bits per heavy atom. The van der Waals surface area contributed by atoms with Crippen molar-refractivity contribution in [3.63, 3.8) is 0 Å². The standard InChI is InChI=1S/C16H14ClN7O/c17-12-2-1-3-13(4-12)22-16(25)11-6-23(7-11)14-5-15(20-9-19-14)24-10-18-8-21-24/h1-5,8-11H,6-7H2,(H,22,25). The lowest BCUT2D eigenvalue weighted by Crippen LogP contribution is -2.52. The molecule has 1 saturated heterocycles. The van der Waals surface area contributed by atoms with Crippen molar-refractivity contribution in [3.05, 3.63) is 54.3 Å². The molecule has 1 fully saturated rings. The molecule has 1 aliphatic heterocycles. The van der Waals surface area contributed by atoms with Crippen LogP contribution in [0.3, 0.4) is 0 Å². The molecule has 0 atom stereocenters. The Bertz CT molecular complexity index is 893. The van der Waals surface area contributed by atoms with Crippen molar-refractivity contribution in [2.75, 3.05) is 23.3 Å². The highest BCUT2D eigenvalue weighted by atomic mass is 35.5. The summed E-state index contributed by atoms with van der Waals surface area (Å²) in [6, 6.07) is 8.93. The number of nitrogens with zero attached hydrogens (tertiary/aromatic N) is 6. The molecular weight excluding hydrogens is 342 g/mol. The highest BCUT2D eigenvalue weighted by Gasteiger charge is 2.33. The minimum atomic E-state index is -0.0937. The molecule has 0 saturated carbocycles. The van der Waals surface area contributed by atoms with Gasteiger partial charge in [-0.2, -0.15) is 5.10 Å². The fourth-order valence-corrected chi connectivity index (χ4v) is 2.79. The van der Waals surface area contributed by atoms with E-state index in [1.165, 1.54) is 12.7 Å². The van der Waals surface area contributed by atoms with E-state index in [1.54, 1.807) is 29.2 Å². The number of rotatable bonds is 4. The van der Waals surface area contributed by atoms with E-state index in [2.05, 4.69) is 25.4 Å². The van der Waals surface area contributed by atoms with Gasteiger partial charge in [-0.25, -0.2) is 19.6 Å². The molecule has 1 N–H and O–H groups in total. The third kappa shape index (κ3) is 3.29. The van der Waals surface area contributed by atoms with E-state index < -0.39 is 0 Å². The van der Waals surface area contributed by atoms with E-state index in [-0.39, 0.29) is 11.8 Å². The van der Waals surface area contributed by atoms with Crippen LogP contribution in [0.1, 0.15) is 0 Å². The number of benzene rings is 1. The van der Waals surface area contributed by atoms with Crippen LogP contribution in [-0.2, 0) is 4.79 Å². The second-order valence-electron chi connectivity index (χ2n) is 5.68. The molecular formula is C16H14ClN7O. The molecule has 3 heterocycles. The maximum atomic E-state index is 12.3. The first-order valence-corrected chi connectivity index (χ1v) is 8.05. The SMILES string of the molecule is O=C(Nc1cccc(Cl)c1)C1CN(c2cc(-n3cncn3)ncn2)C1. The Morgan fingerprint density at radius 1 is 1.16 bits per heavy atom. The Balaban J connectivity index is 1.39. The highest BCUT2D eigenvalue weighted by molar-refractivity contribution is 6.30. The van der Waals surface area contributed by atoms with E-state index >= 15 is 0 Å². The molecule has 1 amide bonds. The molecule has 0 spiro atoms. The lowest BCUT2D eigenvalue weighted by molar-refractivity contribution is -0.120. The fourth-order valence-electron chi connectivity index (χ4n) is 2.60. The van der Waals surface area contributed by atoms with Gasteiger partial charge in [0.1, 0.15) is 24.8 Å². The quantitative estimate of drug-likeness (QED) is 0.767. The summed E-state index contributed by atoms with van der Waals surface area (Å²) >= 11 is 5.93. The number of carbonyl (C=O) groups is 1. The second-order valence-corrected chi connectivity index (χ2v) is 6.11. The Kier molecular flexibility index (Phi) is 4.02. The first kappa shape index (κ1) is 15.5. The summed E-state index contributed by atoms with van der Waals surface area (Å²) in [5.41, 5.74) is 0.700. The molecule has 1 aliphatic rings. The summed E-state index contributed by atoms with van der Waals surface area (Å²) in [7, 11) is 0. The van der Waals surface area contributed by atoms with E-state index in [4.69, 9.17) is 11.6 Å². The summed E-state index contributed by atoms with van der Waals surface area (Å²) < 4.78 is 1.56. The van der Waals surface area contributed by atoms with Crippen LogP contribution in [0.25, 0.3) is 5.82 Å². The molecule has 0 unspecified atom stereocenters. The number of hydrogen-bond donors (Lipinski definition) is 1. The van der Waals surface area contributed by atoms with Gasteiger partial charge in [0, 0.05) is 29.9 Å². The zero-order valence-corrected chi connectivity index (χ0v) is 13.8. The number of aromatic nitrogens is 5. The minimum absolute atomic E-state index is 0.0240. The van der Waals surface area contributed by atoms with Crippen LogP contribution in [0.5, 0.6) is 0 Å². The summed E-state index contributed by atoms with van der Waals surface area (Å²) in [5, 5.41) is 7.53. The van der Waals surface area contributed by atoms with Gasteiger partial charge >= 0.3 is 0 Å². The van der Waals surface area contributed by atoms with Crippen molar-refractivity contribution < 1.29 is 4.79 Å². The Morgan fingerprint density at radius 2 is 2.00 bits per heavy atom. The van der Waals surface area contributed by atoms with E-state index in [1.807, 2.05) is 17.0 Å². The molecule has 0 aliphatic carbocycles. The first-order chi connectivity index (χ1) is 12.2. The third-order valence-electron chi connectivity index (χ3n) is 3.96. The monoisotopic (exact) mass is 355 g/mol. The fraction of sp³-hybridized carbons (Fsp3) is 0.188. The maximum Gasteiger partial charge on any atom is 0.231 e. The number of nitrogens with one attached hydrogen (secondary N) is 1. The van der Waals surface area contributed by atoms with Crippen LogP contribution >= 0.6 is 11.6 Å². The number of amides is 1. The van der Waals surface area contributed by atoms with Gasteiger partial charge in [0.2, 0.25) is 5.91 Å². The van der Waals surface area contributed by atoms with Crippen molar-refractivity contribution in [1.82, 2.24) is 24.7 Å². The number of anilines is 2. The molecule has 0 radical (unpaired) electrons. The van der Waals surface area contributed by atoms with Gasteiger partial charge in [0.15, 0.2) is 5.82 Å². The minimum Gasteiger partial charge on any atom is -0.355 e. The highest BCUT2D eigenvalue weighted by Crippen LogP contribution is 2.25. The van der Waals surface area contributed by atoms with Crippen molar-refractivity contribution in [2.45, 2.75) is 0 Å². The van der Waals surface area contributed by atoms with E-state index in [9.17, 15) is 4.79 Å². The number of hydrogen-bond acceptors (Lipinski definition) is 6. The van der Waals surface area contributed by atoms with Gasteiger partial charge < -0.3 is 10.2 Å². The molecule has 8 nitrogen and oxygen atoms in total. The number of carbonyl (C=O) groups excluding carboxylic acids is 1.